The van der Waals surface area contributed by atoms with Crippen LogP contribution in [0.5, 0.6) is 0 Å². The number of fused-ring (bicyclic) bond motifs is 10. The Balaban J connectivity index is 0.996. The highest BCUT2D eigenvalue weighted by molar-refractivity contribution is 7.20. The van der Waals surface area contributed by atoms with Crippen molar-refractivity contribution in [3.63, 3.8) is 0 Å². The van der Waals surface area contributed by atoms with Crippen molar-refractivity contribution >= 4 is 121 Å². The predicted octanol–water partition coefficient (Wildman–Crippen LogP) is 12.5. The lowest BCUT2D eigenvalue weighted by Gasteiger charge is -2.55. The smallest absolute Gasteiger partial charge is 0.252 e. The highest BCUT2D eigenvalue weighted by atomic mass is 28.3. The Morgan fingerprint density at radius 3 is 0.966 bits per heavy atom. The Morgan fingerprint density at radius 1 is 0.318 bits per heavy atom. The molecule has 4 aliphatic heterocycles. The Hall–Kier alpha value is -8.68. The second kappa shape index (κ2) is 19.9. The van der Waals surface area contributed by atoms with Crippen LogP contribution in [0.15, 0.2) is 279 Å². The highest BCUT2D eigenvalue weighted by Gasteiger charge is 2.65. The molecule has 2 aliphatic carbocycles. The normalized spacial score (nSPS) is 21.8. The van der Waals surface area contributed by atoms with Crippen LogP contribution in [0, 0.1) is 0 Å². The number of benzene rings is 11. The molecule has 428 valence electrons. The lowest BCUT2D eigenvalue weighted by molar-refractivity contribution is 0.194. The van der Waals surface area contributed by atoms with Crippen LogP contribution in [-0.4, -0.2) is 33.9 Å². The number of hydrogen-bond acceptors (Lipinski definition) is 3. The maximum atomic E-state index is 2.95. The van der Waals surface area contributed by atoms with Gasteiger partial charge in [0.2, 0.25) is 0 Å². The minimum atomic E-state index is -3.00. The van der Waals surface area contributed by atoms with Crippen LogP contribution in [0.3, 0.4) is 0 Å². The third-order valence-electron chi connectivity index (χ3n) is 23.4. The summed E-state index contributed by atoms with van der Waals surface area (Å²) in [7, 11) is -6.01. The largest absolute Gasteiger partial charge is 0.335 e. The molecule has 0 aromatic heterocycles. The molecule has 4 heterocycles. The van der Waals surface area contributed by atoms with E-state index in [4.69, 9.17) is 0 Å². The van der Waals surface area contributed by atoms with Crippen molar-refractivity contribution in [2.75, 3.05) is 14.7 Å². The van der Waals surface area contributed by atoms with Crippen LogP contribution in [0.4, 0.5) is 39.8 Å². The second-order valence-electron chi connectivity index (χ2n) is 27.2. The van der Waals surface area contributed by atoms with Crippen LogP contribution in [0.1, 0.15) is 90.2 Å². The van der Waals surface area contributed by atoms with Gasteiger partial charge in [-0.15, -0.1) is 0 Å². The molecule has 0 N–H and O–H groups in total. The molecule has 11 aromatic carbocycles. The molecule has 4 unspecified atom stereocenters. The third-order valence-corrected chi connectivity index (χ3v) is 33.0. The number of para-hydroxylation sites is 2. The maximum Gasteiger partial charge on any atom is 0.252 e. The molecule has 17 rings (SSSR count). The van der Waals surface area contributed by atoms with Crippen LogP contribution in [0.2, 0.25) is 0 Å². The van der Waals surface area contributed by atoms with Gasteiger partial charge in [-0.1, -0.05) is 282 Å². The first-order chi connectivity index (χ1) is 43.1. The van der Waals surface area contributed by atoms with Crippen molar-refractivity contribution in [3.8, 4) is 0 Å². The van der Waals surface area contributed by atoms with E-state index >= 15 is 0 Å². The van der Waals surface area contributed by atoms with Crippen molar-refractivity contribution < 1.29 is 0 Å². The predicted molar refractivity (Wildman–Crippen MR) is 379 cm³/mol. The van der Waals surface area contributed by atoms with E-state index in [1.54, 1.807) is 0 Å². The van der Waals surface area contributed by atoms with Crippen LogP contribution < -0.4 is 72.6 Å². The van der Waals surface area contributed by atoms with E-state index in [9.17, 15) is 0 Å². The zero-order chi connectivity index (χ0) is 59.0. The van der Waals surface area contributed by atoms with Gasteiger partial charge in [0.15, 0.2) is 16.1 Å². The molecule has 2 saturated carbocycles. The van der Waals surface area contributed by atoms with Gasteiger partial charge in [0.25, 0.3) is 6.71 Å². The number of hydrogen-bond donors (Lipinski definition) is 0. The summed E-state index contributed by atoms with van der Waals surface area (Å²) in [5, 5.41) is 10.9. The van der Waals surface area contributed by atoms with Crippen LogP contribution in [0.25, 0.3) is 0 Å². The first-order valence-electron chi connectivity index (χ1n) is 32.5. The van der Waals surface area contributed by atoms with Gasteiger partial charge in [-0.05, 0) is 145 Å². The molecule has 0 bridgehead atoms. The lowest BCUT2D eigenvalue weighted by Crippen LogP contribution is -2.74. The molecule has 2 fully saturated rings. The molecule has 6 aliphatic rings. The monoisotopic (exact) mass is 1170 g/mol. The highest BCUT2D eigenvalue weighted by Crippen LogP contribution is 2.65. The summed E-state index contributed by atoms with van der Waals surface area (Å²) < 4.78 is 0. The lowest BCUT2D eigenvalue weighted by atomic mass is 9.33. The van der Waals surface area contributed by atoms with Gasteiger partial charge in [-0.3, -0.25) is 0 Å². The van der Waals surface area contributed by atoms with Gasteiger partial charge in [0.05, 0.1) is 16.8 Å². The molecule has 4 atom stereocenters. The first kappa shape index (κ1) is 53.5. The van der Waals surface area contributed by atoms with Crippen molar-refractivity contribution in [2.24, 2.45) is 0 Å². The Morgan fingerprint density at radius 2 is 0.625 bits per heavy atom. The quantitative estimate of drug-likeness (QED) is 0.0944. The summed E-state index contributed by atoms with van der Waals surface area (Å²) >= 11 is 0. The van der Waals surface area contributed by atoms with Crippen molar-refractivity contribution in [2.45, 2.75) is 101 Å². The molecule has 0 amide bonds. The topological polar surface area (TPSA) is 9.72 Å². The second-order valence-corrected chi connectivity index (χ2v) is 34.9. The van der Waals surface area contributed by atoms with E-state index in [0.717, 1.165) is 24.2 Å². The zero-order valence-corrected chi connectivity index (χ0v) is 53.1. The first-order valence-corrected chi connectivity index (χ1v) is 36.5. The molecule has 6 heteroatoms. The average Bonchev–Trinajstić information content (AvgIpc) is 1.47. The molecule has 88 heavy (non-hydrogen) atoms. The minimum Gasteiger partial charge on any atom is -0.335 e. The van der Waals surface area contributed by atoms with Crippen molar-refractivity contribution in [1.82, 2.24) is 0 Å². The van der Waals surface area contributed by atoms with Crippen molar-refractivity contribution in [1.29, 1.82) is 0 Å². The van der Waals surface area contributed by atoms with E-state index < -0.39 is 16.1 Å². The fraction of sp³-hybridized carbons (Fsp3) is 0.195. The summed E-state index contributed by atoms with van der Waals surface area (Å²) in [6.45, 7) is 10.6. The Bertz CT molecular complexity index is 4030. The van der Waals surface area contributed by atoms with E-state index in [1.165, 1.54) is 136 Å². The van der Waals surface area contributed by atoms with Crippen molar-refractivity contribution in [3.05, 3.63) is 290 Å². The fourth-order valence-electron chi connectivity index (χ4n) is 19.0. The number of nitrogens with zero attached hydrogens (tertiary/aromatic N) is 3. The molecule has 0 radical (unpaired) electrons. The standard InChI is InChI=1S/C82H74BN3Si2/c1-79-51-23-25-53-81(79,3)85-74-57-61(58-75-76(74)83(72-49-29-47-70(79)77(72)85)73-50-30-48-71-78(73)86(75)82(4)54-26-24-52-80(71,82)2)84(59-31-27-45-68(55-59)87(62-33-11-5-12-34-62,63-35-13-6-14-36-63)64-37-15-7-16-38-64)60-32-28-46-69(56-60)88(65-39-17-8-18-40-65,66-41-19-9-20-42-66)67-43-21-10-22-44-67/h5-22,27-50,55-58H,23-26,51-54H2,1-4H3. The molecule has 0 spiro atoms. The minimum absolute atomic E-state index is 0.0226. The number of rotatable bonds is 11. The van der Waals surface area contributed by atoms with E-state index in [1.807, 2.05) is 0 Å². The Kier molecular flexibility index (Phi) is 12.1. The van der Waals surface area contributed by atoms with Gasteiger partial charge >= 0.3 is 0 Å². The summed E-state index contributed by atoms with van der Waals surface area (Å²) in [5.74, 6) is 0. The maximum absolute atomic E-state index is 3.00. The third kappa shape index (κ3) is 7.13. The summed E-state index contributed by atoms with van der Waals surface area (Å²) in [6.07, 6.45) is 9.61. The molecular formula is C82H74BN3Si2. The van der Waals surface area contributed by atoms with Gasteiger partial charge in [-0.2, -0.15) is 0 Å². The molecule has 0 saturated heterocycles. The van der Waals surface area contributed by atoms with E-state index in [2.05, 4.69) is 321 Å². The van der Waals surface area contributed by atoms with Crippen LogP contribution in [-0.2, 0) is 10.8 Å². The number of anilines is 7. The summed E-state index contributed by atoms with van der Waals surface area (Å²) in [5.41, 5.74) is 16.4. The SMILES string of the molecule is CC12CCCCC1(C)N1c3cc(N(c4cccc([Si](c5ccccc5)(c5ccccc5)c5ccccc5)c4)c4cccc([Si](c5ccccc5)(c5ccccc5)c5ccccc5)c4)cc4c3B(c3cccc2c31)c1cccc2c1N4C1(C)CCCCC21C. The molecule has 3 nitrogen and oxygen atoms in total. The van der Waals surface area contributed by atoms with Gasteiger partial charge in [0, 0.05) is 45.0 Å². The zero-order valence-electron chi connectivity index (χ0n) is 51.1. The summed E-state index contributed by atoms with van der Waals surface area (Å²) in [6, 6.07) is 109. The van der Waals surface area contributed by atoms with Crippen LogP contribution >= 0.6 is 0 Å². The fourth-order valence-corrected chi connectivity index (χ4v) is 28.6. The van der Waals surface area contributed by atoms with Gasteiger partial charge in [-0.25, -0.2) is 0 Å². The van der Waals surface area contributed by atoms with Gasteiger partial charge in [0.1, 0.15) is 0 Å². The van der Waals surface area contributed by atoms with E-state index in [-0.39, 0.29) is 28.6 Å². The van der Waals surface area contributed by atoms with Gasteiger partial charge < -0.3 is 14.7 Å². The van der Waals surface area contributed by atoms with E-state index in [0.29, 0.717) is 0 Å². The molecule has 11 aromatic rings. The average molecular weight is 1170 g/mol. The summed E-state index contributed by atoms with van der Waals surface area (Å²) in [4.78, 5) is 8.60. The Labute approximate surface area is 523 Å². The molecular weight excluding hydrogens is 1090 g/mol.